The van der Waals surface area contributed by atoms with E-state index in [2.05, 4.69) is 12.2 Å². The van der Waals surface area contributed by atoms with Crippen LogP contribution in [-0.4, -0.2) is 49.1 Å². The van der Waals surface area contributed by atoms with Crippen molar-refractivity contribution in [2.75, 3.05) is 26.3 Å². The van der Waals surface area contributed by atoms with Gasteiger partial charge in [-0.05, 0) is 31.6 Å². The molecule has 0 aromatic carbocycles. The molecule has 1 N–H and O–H groups in total. The maximum absolute atomic E-state index is 12.3. The van der Waals surface area contributed by atoms with Crippen molar-refractivity contribution in [2.24, 2.45) is 11.8 Å². The summed E-state index contributed by atoms with van der Waals surface area (Å²) in [5.41, 5.74) is 0. The Kier molecular flexibility index (Phi) is 7.34. The summed E-state index contributed by atoms with van der Waals surface area (Å²) in [6, 6.07) is 0.130. The van der Waals surface area contributed by atoms with Crippen LogP contribution in [-0.2, 0) is 14.3 Å². The van der Waals surface area contributed by atoms with E-state index in [1.807, 2.05) is 11.8 Å². The Morgan fingerprint density at radius 3 is 2.87 bits per heavy atom. The molecule has 2 fully saturated rings. The van der Waals surface area contributed by atoms with E-state index in [4.69, 9.17) is 4.74 Å². The maximum atomic E-state index is 12.3. The molecule has 2 rings (SSSR count). The molecule has 2 aliphatic heterocycles. The second-order valence-corrected chi connectivity index (χ2v) is 7.15. The van der Waals surface area contributed by atoms with Crippen LogP contribution in [0.2, 0.25) is 0 Å². The third-order valence-corrected chi connectivity index (χ3v) is 5.12. The molecule has 2 saturated heterocycles. The minimum absolute atomic E-state index is 0.0714. The number of nitrogens with zero attached hydrogens (tertiary/aromatic N) is 1. The SMILES string of the molecule is CCCCC(C)C(=O)N[C@@H]1CCN(C(=O)CCC2CCOC2)C1. The van der Waals surface area contributed by atoms with Gasteiger partial charge in [0.1, 0.15) is 0 Å². The summed E-state index contributed by atoms with van der Waals surface area (Å²) in [6.07, 6.45) is 6.67. The number of carbonyl (C=O) groups is 2. The highest BCUT2D eigenvalue weighted by atomic mass is 16.5. The molecule has 2 unspecified atom stereocenters. The van der Waals surface area contributed by atoms with Crippen LogP contribution in [0.25, 0.3) is 0 Å². The lowest BCUT2D eigenvalue weighted by Crippen LogP contribution is -2.40. The van der Waals surface area contributed by atoms with Crippen LogP contribution in [0, 0.1) is 11.8 Å². The van der Waals surface area contributed by atoms with Gasteiger partial charge in [0.05, 0.1) is 0 Å². The van der Waals surface area contributed by atoms with Gasteiger partial charge >= 0.3 is 0 Å². The van der Waals surface area contributed by atoms with Crippen LogP contribution in [0.1, 0.15) is 58.8 Å². The molecule has 0 bridgehead atoms. The average molecular weight is 324 g/mol. The molecule has 3 atom stereocenters. The number of hydrogen-bond donors (Lipinski definition) is 1. The number of ether oxygens (including phenoxy) is 1. The van der Waals surface area contributed by atoms with Crippen molar-refractivity contribution in [1.82, 2.24) is 10.2 Å². The van der Waals surface area contributed by atoms with Crippen LogP contribution < -0.4 is 5.32 Å². The predicted molar refractivity (Wildman–Crippen MR) is 90.0 cm³/mol. The van der Waals surface area contributed by atoms with Crippen LogP contribution >= 0.6 is 0 Å². The van der Waals surface area contributed by atoms with Gasteiger partial charge < -0.3 is 15.0 Å². The van der Waals surface area contributed by atoms with Gasteiger partial charge in [-0.15, -0.1) is 0 Å². The molecule has 0 radical (unpaired) electrons. The summed E-state index contributed by atoms with van der Waals surface area (Å²) in [5, 5.41) is 3.12. The summed E-state index contributed by atoms with van der Waals surface area (Å²) in [6.45, 7) is 7.23. The average Bonchev–Trinajstić information content (AvgIpc) is 3.21. The lowest BCUT2D eigenvalue weighted by Gasteiger charge is -2.19. The molecule has 2 aliphatic rings. The first-order valence-corrected chi connectivity index (χ1v) is 9.26. The first kappa shape index (κ1) is 18.2. The van der Waals surface area contributed by atoms with Crippen molar-refractivity contribution in [2.45, 2.75) is 64.8 Å². The van der Waals surface area contributed by atoms with Gasteiger partial charge in [-0.3, -0.25) is 9.59 Å². The number of hydrogen-bond acceptors (Lipinski definition) is 3. The second kappa shape index (κ2) is 9.26. The van der Waals surface area contributed by atoms with E-state index in [0.29, 0.717) is 18.9 Å². The smallest absolute Gasteiger partial charge is 0.223 e. The van der Waals surface area contributed by atoms with Crippen molar-refractivity contribution in [3.8, 4) is 0 Å². The quantitative estimate of drug-likeness (QED) is 0.745. The predicted octanol–water partition coefficient (Wildman–Crippen LogP) is 2.35. The highest BCUT2D eigenvalue weighted by Gasteiger charge is 2.28. The van der Waals surface area contributed by atoms with Gasteiger partial charge in [-0.25, -0.2) is 0 Å². The first-order chi connectivity index (χ1) is 11.1. The number of carbonyl (C=O) groups excluding carboxylic acids is 2. The van der Waals surface area contributed by atoms with Gasteiger partial charge in [0.25, 0.3) is 0 Å². The largest absolute Gasteiger partial charge is 0.381 e. The minimum atomic E-state index is 0.0714. The van der Waals surface area contributed by atoms with Gasteiger partial charge in [0.15, 0.2) is 0 Å². The first-order valence-electron chi connectivity index (χ1n) is 9.26. The molecule has 2 heterocycles. The zero-order valence-corrected chi connectivity index (χ0v) is 14.7. The van der Waals surface area contributed by atoms with Gasteiger partial charge in [0, 0.05) is 44.7 Å². The van der Waals surface area contributed by atoms with Crippen molar-refractivity contribution in [1.29, 1.82) is 0 Å². The van der Waals surface area contributed by atoms with Crippen molar-refractivity contribution < 1.29 is 14.3 Å². The highest BCUT2D eigenvalue weighted by molar-refractivity contribution is 5.79. The lowest BCUT2D eigenvalue weighted by atomic mass is 10.0. The Balaban J connectivity index is 1.66. The molecule has 5 heteroatoms. The molecule has 132 valence electrons. The fourth-order valence-corrected chi connectivity index (χ4v) is 3.39. The summed E-state index contributed by atoms with van der Waals surface area (Å²) in [5.74, 6) is 0.993. The molecule has 0 saturated carbocycles. The molecule has 0 spiro atoms. The lowest BCUT2D eigenvalue weighted by molar-refractivity contribution is -0.131. The van der Waals surface area contributed by atoms with Crippen molar-refractivity contribution in [3.63, 3.8) is 0 Å². The molecule has 5 nitrogen and oxygen atoms in total. The normalized spacial score (nSPS) is 25.6. The van der Waals surface area contributed by atoms with Gasteiger partial charge in [-0.2, -0.15) is 0 Å². The highest BCUT2D eigenvalue weighted by Crippen LogP contribution is 2.20. The minimum Gasteiger partial charge on any atom is -0.381 e. The third kappa shape index (κ3) is 5.79. The molecule has 2 amide bonds. The summed E-state index contributed by atoms with van der Waals surface area (Å²) in [4.78, 5) is 26.3. The molecular weight excluding hydrogens is 292 g/mol. The van der Waals surface area contributed by atoms with Crippen molar-refractivity contribution in [3.05, 3.63) is 0 Å². The Hall–Kier alpha value is -1.10. The third-order valence-electron chi connectivity index (χ3n) is 5.12. The van der Waals surface area contributed by atoms with E-state index in [-0.39, 0.29) is 23.8 Å². The zero-order chi connectivity index (χ0) is 16.7. The Morgan fingerprint density at radius 1 is 1.35 bits per heavy atom. The summed E-state index contributed by atoms with van der Waals surface area (Å²) < 4.78 is 5.35. The van der Waals surface area contributed by atoms with E-state index >= 15 is 0 Å². The molecule has 0 aromatic heterocycles. The number of nitrogens with one attached hydrogen (secondary N) is 1. The summed E-state index contributed by atoms with van der Waals surface area (Å²) in [7, 11) is 0. The fraction of sp³-hybridized carbons (Fsp3) is 0.889. The Labute approximate surface area is 140 Å². The van der Waals surface area contributed by atoms with E-state index in [1.54, 1.807) is 0 Å². The van der Waals surface area contributed by atoms with E-state index in [1.165, 1.54) is 0 Å². The van der Waals surface area contributed by atoms with E-state index in [9.17, 15) is 9.59 Å². The monoisotopic (exact) mass is 324 g/mol. The fourth-order valence-electron chi connectivity index (χ4n) is 3.39. The molecular formula is C18H32N2O3. The molecule has 0 aromatic rings. The topological polar surface area (TPSA) is 58.6 Å². The van der Waals surface area contributed by atoms with Crippen LogP contribution in [0.5, 0.6) is 0 Å². The Bertz CT molecular complexity index is 394. The second-order valence-electron chi connectivity index (χ2n) is 7.15. The molecule has 0 aliphatic carbocycles. The standard InChI is InChI=1S/C18H32N2O3/c1-3-4-5-14(2)18(22)19-16-8-10-20(12-16)17(21)7-6-15-9-11-23-13-15/h14-16H,3-13H2,1-2H3,(H,19,22)/t14?,15?,16-/m1/s1. The van der Waals surface area contributed by atoms with Crippen LogP contribution in [0.15, 0.2) is 0 Å². The van der Waals surface area contributed by atoms with Crippen LogP contribution in [0.3, 0.4) is 0 Å². The summed E-state index contributed by atoms with van der Waals surface area (Å²) >= 11 is 0. The number of likely N-dealkylation sites (tertiary alicyclic amines) is 1. The maximum Gasteiger partial charge on any atom is 0.223 e. The number of amides is 2. The van der Waals surface area contributed by atoms with E-state index in [0.717, 1.165) is 58.3 Å². The van der Waals surface area contributed by atoms with Crippen LogP contribution in [0.4, 0.5) is 0 Å². The number of rotatable bonds is 8. The Morgan fingerprint density at radius 2 is 2.17 bits per heavy atom. The van der Waals surface area contributed by atoms with Crippen molar-refractivity contribution >= 4 is 11.8 Å². The van der Waals surface area contributed by atoms with E-state index < -0.39 is 0 Å². The zero-order valence-electron chi connectivity index (χ0n) is 14.7. The van der Waals surface area contributed by atoms with Gasteiger partial charge in [0.2, 0.25) is 11.8 Å². The van der Waals surface area contributed by atoms with Gasteiger partial charge in [-0.1, -0.05) is 26.7 Å². The number of unbranched alkanes of at least 4 members (excludes halogenated alkanes) is 1. The molecule has 23 heavy (non-hydrogen) atoms.